The fourth-order valence-corrected chi connectivity index (χ4v) is 7.35. The van der Waals surface area contributed by atoms with Gasteiger partial charge in [0.25, 0.3) is 0 Å². The smallest absolute Gasteiger partial charge is 0.414 e. The van der Waals surface area contributed by atoms with Gasteiger partial charge in [0.05, 0.1) is 35.5 Å². The molecule has 2 atom stereocenters. The van der Waals surface area contributed by atoms with Crippen molar-refractivity contribution in [3.63, 3.8) is 0 Å². The number of para-hydroxylation sites is 1. The fourth-order valence-electron chi connectivity index (χ4n) is 6.76. The molecule has 7 rings (SSSR count). The maximum absolute atomic E-state index is 14.9. The first kappa shape index (κ1) is 35.7. The molecule has 4 heterocycles. The molecule has 3 aromatic carbocycles. The van der Waals surface area contributed by atoms with Crippen molar-refractivity contribution in [2.24, 2.45) is 5.92 Å². The summed E-state index contributed by atoms with van der Waals surface area (Å²) in [5.74, 6) is 0.324. The molecule has 0 unspecified atom stereocenters. The average molecular weight is 726 g/mol. The molecule has 50 heavy (non-hydrogen) atoms. The zero-order valence-corrected chi connectivity index (χ0v) is 29.6. The number of nitrogens with zero attached hydrogens (tertiary/aromatic N) is 2. The molecular formula is C38H41Cl2FN3O6+. The normalized spacial score (nSPS) is 20.5. The molecule has 2 bridgehead atoms. The Bertz CT molecular complexity index is 1760. The Morgan fingerprint density at radius 3 is 2.40 bits per heavy atom. The molecule has 3 saturated heterocycles. The minimum absolute atomic E-state index is 0.168. The summed E-state index contributed by atoms with van der Waals surface area (Å²) in [4.78, 5) is 30.7. The number of amides is 1. The van der Waals surface area contributed by atoms with Gasteiger partial charge in [-0.05, 0) is 85.8 Å². The third kappa shape index (κ3) is 8.26. The Morgan fingerprint density at radius 2 is 1.74 bits per heavy atom. The van der Waals surface area contributed by atoms with E-state index < -0.39 is 24.0 Å². The van der Waals surface area contributed by atoms with E-state index in [4.69, 9.17) is 42.1 Å². The van der Waals surface area contributed by atoms with Crippen LogP contribution in [0.4, 0.5) is 14.9 Å². The lowest BCUT2D eigenvalue weighted by atomic mass is 9.86. The zero-order chi connectivity index (χ0) is 35.2. The Kier molecular flexibility index (Phi) is 11.6. The molecule has 4 aliphatic heterocycles. The van der Waals surface area contributed by atoms with Gasteiger partial charge in [0.15, 0.2) is 11.5 Å². The highest BCUT2D eigenvalue weighted by Crippen LogP contribution is 2.38. The highest BCUT2D eigenvalue weighted by molar-refractivity contribution is 6.35. The highest BCUT2D eigenvalue weighted by atomic mass is 35.5. The van der Waals surface area contributed by atoms with Gasteiger partial charge in [-0.1, -0.05) is 53.5 Å². The number of carbonyl (C=O) groups excluding carboxylic acids is 2. The first-order chi connectivity index (χ1) is 24.2. The van der Waals surface area contributed by atoms with Gasteiger partial charge >= 0.3 is 12.1 Å². The van der Waals surface area contributed by atoms with E-state index in [0.29, 0.717) is 63.7 Å². The van der Waals surface area contributed by atoms with Gasteiger partial charge < -0.3 is 24.3 Å². The number of nitrogens with two attached hydrogens (primary N) is 1. The monoisotopic (exact) mass is 724 g/mol. The second-order valence-electron chi connectivity index (χ2n) is 12.7. The van der Waals surface area contributed by atoms with Crippen molar-refractivity contribution in [1.82, 2.24) is 4.90 Å². The number of benzene rings is 3. The van der Waals surface area contributed by atoms with E-state index in [9.17, 15) is 14.0 Å². The van der Waals surface area contributed by atoms with E-state index in [-0.39, 0.29) is 24.8 Å². The molecule has 3 aromatic rings. The highest BCUT2D eigenvalue weighted by Gasteiger charge is 2.37. The Hall–Kier alpha value is -4.09. The molecular weight excluding hydrogens is 684 g/mol. The topological polar surface area (TPSA) is 94.2 Å². The van der Waals surface area contributed by atoms with Crippen molar-refractivity contribution >= 4 is 41.0 Å². The molecule has 3 fully saturated rings. The van der Waals surface area contributed by atoms with Crippen LogP contribution in [-0.2, 0) is 15.9 Å². The van der Waals surface area contributed by atoms with E-state index >= 15 is 0 Å². The number of halogens is 3. The summed E-state index contributed by atoms with van der Waals surface area (Å²) < 4.78 is 37.9. The van der Waals surface area contributed by atoms with Gasteiger partial charge in [-0.15, -0.1) is 0 Å². The van der Waals surface area contributed by atoms with Crippen molar-refractivity contribution in [1.29, 1.82) is 0 Å². The van der Waals surface area contributed by atoms with Crippen LogP contribution in [-0.4, -0.2) is 70.0 Å². The minimum atomic E-state index is -0.734. The fraction of sp³-hybridized carbons (Fsp3) is 0.368. The van der Waals surface area contributed by atoms with Crippen LogP contribution in [0.15, 0.2) is 88.6 Å². The summed E-state index contributed by atoms with van der Waals surface area (Å²) in [5.41, 5.74) is 2.74. The maximum Gasteiger partial charge on any atom is 0.414 e. The quantitative estimate of drug-likeness (QED) is 0.212. The van der Waals surface area contributed by atoms with Gasteiger partial charge in [0, 0.05) is 25.1 Å². The lowest BCUT2D eigenvalue weighted by molar-refractivity contribution is -0.580. The maximum atomic E-state index is 14.9. The Balaban J connectivity index is 1.16. The second kappa shape index (κ2) is 16.3. The Labute approximate surface area is 301 Å². The molecule has 1 amide bonds. The predicted octanol–water partition coefficient (Wildman–Crippen LogP) is 6.56. The number of piperidine rings is 3. The van der Waals surface area contributed by atoms with E-state index in [1.165, 1.54) is 18.1 Å². The van der Waals surface area contributed by atoms with E-state index in [0.717, 1.165) is 31.5 Å². The van der Waals surface area contributed by atoms with Gasteiger partial charge in [-0.25, -0.2) is 14.0 Å². The number of esters is 1. The van der Waals surface area contributed by atoms with Gasteiger partial charge in [-0.3, -0.25) is 9.80 Å². The van der Waals surface area contributed by atoms with Crippen molar-refractivity contribution in [3.05, 3.63) is 111 Å². The number of hydrogen-bond donors (Lipinski definition) is 1. The van der Waals surface area contributed by atoms with E-state index in [1.807, 2.05) is 11.4 Å². The molecule has 0 aliphatic carbocycles. The van der Waals surface area contributed by atoms with Crippen LogP contribution in [0.3, 0.4) is 0 Å². The van der Waals surface area contributed by atoms with Crippen molar-refractivity contribution in [2.75, 3.05) is 51.8 Å². The van der Waals surface area contributed by atoms with Gasteiger partial charge in [-0.2, -0.15) is 0 Å². The number of hydrogen-bond acceptors (Lipinski definition) is 7. The number of rotatable bonds is 12. The SMILES string of the molecule is COc1ccc([C@H](CC2=C(Cl)C[NH2+]C=C2Cl)OC(=O)c2ccc(CCN(C(=O)O[C@H]3CN4CCC3CC4)c3ccccc3F)cc2)cc1OC. The lowest BCUT2D eigenvalue weighted by Crippen LogP contribution is -2.79. The number of allylic oxidation sites excluding steroid dienone is 1. The summed E-state index contributed by atoms with van der Waals surface area (Å²) in [6, 6.07) is 18.5. The average Bonchev–Trinajstić information content (AvgIpc) is 3.14. The lowest BCUT2D eigenvalue weighted by Gasteiger charge is -2.44. The predicted molar refractivity (Wildman–Crippen MR) is 189 cm³/mol. The van der Waals surface area contributed by atoms with Crippen molar-refractivity contribution in [2.45, 2.75) is 37.9 Å². The number of fused-ring (bicyclic) bond motifs is 3. The first-order valence-electron chi connectivity index (χ1n) is 16.8. The van der Waals surface area contributed by atoms with Crippen LogP contribution >= 0.6 is 23.2 Å². The third-order valence-electron chi connectivity index (χ3n) is 9.62. The van der Waals surface area contributed by atoms with Crippen molar-refractivity contribution in [3.8, 4) is 11.5 Å². The molecule has 0 spiro atoms. The van der Waals surface area contributed by atoms with Gasteiger partial charge in [0.2, 0.25) is 0 Å². The standard InChI is InChI=1S/C38H40Cl2FN3O6/c1-47-33-12-11-27(19-35(33)48-2)34(20-28-29(39)21-42-22-30(28)40)49-37(45)26-9-7-24(8-10-26)13-18-44(32-6-4-3-5-31(32)41)38(46)50-36-23-43-16-14-25(36)15-17-43/h3-12,19,21,25,34,36,42H,13-18,20,22-23H2,1-2H3/p+1/t34-,36-/m0/s1. The number of carbonyl (C=O) groups is 2. The zero-order valence-electron chi connectivity index (χ0n) is 28.1. The van der Waals surface area contributed by atoms with E-state index in [1.54, 1.807) is 67.9 Å². The van der Waals surface area contributed by atoms with Crippen LogP contribution in [0, 0.1) is 11.7 Å². The molecule has 9 nitrogen and oxygen atoms in total. The molecule has 0 aromatic heterocycles. The van der Waals surface area contributed by atoms with Crippen LogP contribution in [0.1, 0.15) is 46.9 Å². The number of anilines is 1. The van der Waals surface area contributed by atoms with Crippen LogP contribution in [0.2, 0.25) is 0 Å². The Morgan fingerprint density at radius 1 is 1.00 bits per heavy atom. The molecule has 12 heteroatoms. The molecule has 4 aliphatic rings. The van der Waals surface area contributed by atoms with Crippen molar-refractivity contribution < 1.29 is 38.2 Å². The second-order valence-corrected chi connectivity index (χ2v) is 13.5. The van der Waals surface area contributed by atoms with Crippen LogP contribution < -0.4 is 19.7 Å². The molecule has 0 saturated carbocycles. The number of quaternary nitrogens is 1. The van der Waals surface area contributed by atoms with Gasteiger partial charge in [0.1, 0.15) is 30.8 Å². The molecule has 2 N–H and O–H groups in total. The molecule has 264 valence electrons. The minimum Gasteiger partial charge on any atom is -0.493 e. The number of methoxy groups -OCH3 is 2. The summed E-state index contributed by atoms with van der Waals surface area (Å²) in [5, 5.41) is 2.95. The summed E-state index contributed by atoms with van der Waals surface area (Å²) in [6.07, 6.45) is 2.94. The summed E-state index contributed by atoms with van der Waals surface area (Å²) in [6.45, 7) is 3.47. The summed E-state index contributed by atoms with van der Waals surface area (Å²) >= 11 is 13.1. The largest absolute Gasteiger partial charge is 0.493 e. The summed E-state index contributed by atoms with van der Waals surface area (Å²) in [7, 11) is 3.09. The van der Waals surface area contributed by atoms with Crippen LogP contribution in [0.5, 0.6) is 11.5 Å². The third-order valence-corrected chi connectivity index (χ3v) is 10.4. The number of ether oxygens (including phenoxy) is 4. The first-order valence-corrected chi connectivity index (χ1v) is 17.5. The van der Waals surface area contributed by atoms with Crippen LogP contribution in [0.25, 0.3) is 0 Å². The molecule has 0 radical (unpaired) electrons. The van der Waals surface area contributed by atoms with E-state index in [2.05, 4.69) is 4.90 Å².